The molecular weight excluding hydrogens is 400 g/mol. The summed E-state index contributed by atoms with van der Waals surface area (Å²) in [6.45, 7) is 4.30. The molecule has 1 saturated heterocycles. The Hall–Kier alpha value is -1.97. The number of H-pyrrole nitrogens is 1. The van der Waals surface area contributed by atoms with E-state index in [2.05, 4.69) is 15.3 Å². The van der Waals surface area contributed by atoms with E-state index in [-0.39, 0.29) is 17.7 Å². The Morgan fingerprint density at radius 3 is 2.93 bits per heavy atom. The molecule has 2 N–H and O–H groups in total. The van der Waals surface area contributed by atoms with Crippen LogP contribution in [0.2, 0.25) is 0 Å². The fourth-order valence-corrected chi connectivity index (χ4v) is 4.84. The van der Waals surface area contributed by atoms with E-state index in [1.807, 2.05) is 37.4 Å². The topological polar surface area (TPSA) is 78.1 Å². The molecule has 2 aromatic rings. The molecule has 0 bridgehead atoms. The summed E-state index contributed by atoms with van der Waals surface area (Å²) in [5.74, 6) is -0.472. The molecule has 0 radical (unpaired) electrons. The van der Waals surface area contributed by atoms with Crippen molar-refractivity contribution in [2.45, 2.75) is 26.3 Å². The van der Waals surface area contributed by atoms with Crippen LogP contribution in [-0.2, 0) is 16.0 Å². The number of aromatic nitrogens is 2. The number of thiophene rings is 1. The number of nitrogens with one attached hydrogen (secondary N) is 2. The van der Waals surface area contributed by atoms with Crippen LogP contribution < -0.4 is 5.32 Å². The molecule has 0 spiro atoms. The van der Waals surface area contributed by atoms with Crippen LogP contribution >= 0.6 is 35.3 Å². The molecule has 0 aliphatic carbocycles. The molecule has 6 nitrogen and oxygen atoms in total. The van der Waals surface area contributed by atoms with Gasteiger partial charge in [-0.25, -0.2) is 4.98 Å². The van der Waals surface area contributed by atoms with E-state index in [1.165, 1.54) is 16.7 Å². The number of nitrogens with zero attached hydrogens (tertiary/aromatic N) is 2. The zero-order valence-electron chi connectivity index (χ0n) is 15.0. The predicted molar refractivity (Wildman–Crippen MR) is 113 cm³/mol. The zero-order chi connectivity index (χ0) is 19.4. The molecule has 3 rings (SSSR count). The van der Waals surface area contributed by atoms with Gasteiger partial charge in [-0.2, -0.15) is 0 Å². The Morgan fingerprint density at radius 2 is 2.30 bits per heavy atom. The van der Waals surface area contributed by atoms with Crippen molar-refractivity contribution in [2.24, 2.45) is 5.92 Å². The summed E-state index contributed by atoms with van der Waals surface area (Å²) in [7, 11) is 0. The van der Waals surface area contributed by atoms with Gasteiger partial charge in [0.25, 0.3) is 5.91 Å². The standard InChI is InChI=1S/C18H20N4O2S3/c1-11(2)15(16(23)20-6-5-12-9-19-10-21-12)22-17(24)14(27-18(22)25)8-13-4-3-7-26-13/h3-4,7-11,15H,5-6H2,1-2H3,(H,19,21)(H,20,23). The first-order valence-corrected chi connectivity index (χ1v) is 10.6. The summed E-state index contributed by atoms with van der Waals surface area (Å²) in [4.78, 5) is 35.7. The molecule has 3 heterocycles. The van der Waals surface area contributed by atoms with Gasteiger partial charge in [0.2, 0.25) is 5.91 Å². The number of rotatable bonds is 7. The minimum atomic E-state index is -0.631. The number of amides is 2. The van der Waals surface area contributed by atoms with Crippen molar-refractivity contribution in [2.75, 3.05) is 6.54 Å². The molecule has 0 aromatic carbocycles. The molecule has 27 heavy (non-hydrogen) atoms. The smallest absolute Gasteiger partial charge is 0.266 e. The Bertz CT molecular complexity index is 844. The van der Waals surface area contributed by atoms with Crippen LogP contribution in [0.5, 0.6) is 0 Å². The molecule has 2 aromatic heterocycles. The highest BCUT2D eigenvalue weighted by atomic mass is 32.2. The highest BCUT2D eigenvalue weighted by molar-refractivity contribution is 8.26. The van der Waals surface area contributed by atoms with E-state index in [4.69, 9.17) is 12.2 Å². The van der Waals surface area contributed by atoms with Gasteiger partial charge in [-0.15, -0.1) is 11.3 Å². The summed E-state index contributed by atoms with van der Waals surface area (Å²) >= 11 is 8.22. The zero-order valence-corrected chi connectivity index (χ0v) is 17.4. The van der Waals surface area contributed by atoms with Crippen molar-refractivity contribution >= 4 is 57.5 Å². The number of imidazole rings is 1. The van der Waals surface area contributed by atoms with Crippen molar-refractivity contribution < 1.29 is 9.59 Å². The Labute approximate surface area is 171 Å². The lowest BCUT2D eigenvalue weighted by Gasteiger charge is -2.28. The van der Waals surface area contributed by atoms with E-state index in [0.717, 1.165) is 10.6 Å². The first-order valence-electron chi connectivity index (χ1n) is 8.53. The normalized spacial score (nSPS) is 17.1. The fourth-order valence-electron chi connectivity index (χ4n) is 2.79. The maximum absolute atomic E-state index is 12.9. The van der Waals surface area contributed by atoms with E-state index >= 15 is 0 Å². The second-order valence-electron chi connectivity index (χ2n) is 6.37. The van der Waals surface area contributed by atoms with Gasteiger partial charge < -0.3 is 10.3 Å². The number of carbonyl (C=O) groups is 2. The minimum absolute atomic E-state index is 0.0688. The third-order valence-electron chi connectivity index (χ3n) is 4.07. The summed E-state index contributed by atoms with van der Waals surface area (Å²) in [5, 5.41) is 4.87. The lowest BCUT2D eigenvalue weighted by atomic mass is 10.0. The van der Waals surface area contributed by atoms with Gasteiger partial charge in [0.15, 0.2) is 0 Å². The molecule has 1 aliphatic heterocycles. The SMILES string of the molecule is CC(C)C(C(=O)NCCc1cnc[nH]1)N1C(=O)C(=Cc2cccs2)SC1=S. The van der Waals surface area contributed by atoms with Crippen molar-refractivity contribution in [3.05, 3.63) is 45.5 Å². The molecule has 1 aliphatic rings. The first kappa shape index (κ1) is 19.8. The molecule has 0 saturated carbocycles. The quantitative estimate of drug-likeness (QED) is 0.532. The number of hydrogen-bond donors (Lipinski definition) is 2. The van der Waals surface area contributed by atoms with E-state index in [9.17, 15) is 9.59 Å². The van der Waals surface area contributed by atoms with Crippen LogP contribution in [0.15, 0.2) is 34.9 Å². The number of thioether (sulfide) groups is 1. The Morgan fingerprint density at radius 1 is 1.48 bits per heavy atom. The molecule has 1 unspecified atom stereocenters. The highest BCUT2D eigenvalue weighted by Gasteiger charge is 2.41. The lowest BCUT2D eigenvalue weighted by molar-refractivity contribution is -0.134. The van der Waals surface area contributed by atoms with Crippen molar-refractivity contribution in [1.29, 1.82) is 0 Å². The third-order valence-corrected chi connectivity index (χ3v) is 6.22. The number of carbonyl (C=O) groups excluding carboxylic acids is 2. The average Bonchev–Trinajstić information content (AvgIpc) is 3.35. The van der Waals surface area contributed by atoms with Crippen LogP contribution in [0.3, 0.4) is 0 Å². The Kier molecular flexibility index (Phi) is 6.46. The maximum Gasteiger partial charge on any atom is 0.266 e. The van der Waals surface area contributed by atoms with Crippen LogP contribution in [-0.4, -0.2) is 43.6 Å². The average molecular weight is 421 g/mol. The molecule has 142 valence electrons. The molecule has 1 atom stereocenters. The van der Waals surface area contributed by atoms with Crippen LogP contribution in [0.25, 0.3) is 6.08 Å². The van der Waals surface area contributed by atoms with Gasteiger partial charge in [0.05, 0.1) is 11.2 Å². The summed E-state index contributed by atoms with van der Waals surface area (Å²) in [6, 6.07) is 3.24. The molecule has 2 amide bonds. The second-order valence-corrected chi connectivity index (χ2v) is 9.03. The van der Waals surface area contributed by atoms with E-state index in [1.54, 1.807) is 23.9 Å². The number of thiocarbonyl (C=S) groups is 1. The largest absolute Gasteiger partial charge is 0.354 e. The van der Waals surface area contributed by atoms with Gasteiger partial charge in [-0.05, 0) is 23.4 Å². The van der Waals surface area contributed by atoms with Gasteiger partial charge in [0.1, 0.15) is 10.4 Å². The van der Waals surface area contributed by atoms with Crippen molar-refractivity contribution in [1.82, 2.24) is 20.2 Å². The van der Waals surface area contributed by atoms with Gasteiger partial charge in [-0.1, -0.05) is 43.9 Å². The minimum Gasteiger partial charge on any atom is -0.354 e. The first-order chi connectivity index (χ1) is 13.0. The van der Waals surface area contributed by atoms with E-state index < -0.39 is 6.04 Å². The maximum atomic E-state index is 12.9. The van der Waals surface area contributed by atoms with Gasteiger partial charge >= 0.3 is 0 Å². The summed E-state index contributed by atoms with van der Waals surface area (Å²) < 4.78 is 0.422. The van der Waals surface area contributed by atoms with Gasteiger partial charge in [-0.3, -0.25) is 14.5 Å². The Balaban J connectivity index is 1.70. The lowest BCUT2D eigenvalue weighted by Crippen LogP contribution is -2.51. The van der Waals surface area contributed by atoms with Crippen LogP contribution in [0.4, 0.5) is 0 Å². The molecular formula is C18H20N4O2S3. The number of aromatic amines is 1. The molecule has 9 heteroatoms. The predicted octanol–water partition coefficient (Wildman–Crippen LogP) is 3.06. The summed E-state index contributed by atoms with van der Waals surface area (Å²) in [6.07, 6.45) is 5.81. The number of hydrogen-bond acceptors (Lipinski definition) is 6. The van der Waals surface area contributed by atoms with Crippen molar-refractivity contribution in [3.8, 4) is 0 Å². The monoisotopic (exact) mass is 420 g/mol. The summed E-state index contributed by atoms with van der Waals surface area (Å²) in [5.41, 5.74) is 0.945. The third kappa shape index (κ3) is 4.66. The van der Waals surface area contributed by atoms with Crippen LogP contribution in [0.1, 0.15) is 24.4 Å². The van der Waals surface area contributed by atoms with E-state index in [0.29, 0.717) is 22.2 Å². The fraction of sp³-hybridized carbons (Fsp3) is 0.333. The molecule has 1 fully saturated rings. The highest BCUT2D eigenvalue weighted by Crippen LogP contribution is 2.36. The second kappa shape index (κ2) is 8.81. The van der Waals surface area contributed by atoms with Crippen molar-refractivity contribution in [3.63, 3.8) is 0 Å². The van der Waals surface area contributed by atoms with Gasteiger partial charge in [0, 0.05) is 29.7 Å². The van der Waals surface area contributed by atoms with Crippen LogP contribution in [0, 0.1) is 5.92 Å².